The zero-order chi connectivity index (χ0) is 17.1. The standard InChI is InChI=1S/C21H18ClNO2/c22-11-19-21(24-13-15-7-3-1-4-8-15)18-14-25-20(17(18)12-23-19)16-9-5-2-6-10-16/h1-10,12,20H,11,13-14H2. The van der Waals surface area contributed by atoms with Crippen molar-refractivity contribution in [2.75, 3.05) is 0 Å². The number of fused-ring (bicyclic) bond motifs is 1. The number of pyridine rings is 1. The first-order valence-electron chi connectivity index (χ1n) is 8.26. The van der Waals surface area contributed by atoms with Crippen LogP contribution in [0.25, 0.3) is 0 Å². The quantitative estimate of drug-likeness (QED) is 0.605. The maximum absolute atomic E-state index is 6.11. The Morgan fingerprint density at radius 2 is 1.76 bits per heavy atom. The number of rotatable bonds is 5. The Kier molecular flexibility index (Phi) is 4.68. The first-order valence-corrected chi connectivity index (χ1v) is 8.80. The topological polar surface area (TPSA) is 31.4 Å². The van der Waals surface area contributed by atoms with Crippen molar-refractivity contribution in [3.8, 4) is 5.75 Å². The molecule has 0 radical (unpaired) electrons. The monoisotopic (exact) mass is 351 g/mol. The molecule has 1 unspecified atom stereocenters. The molecule has 0 aliphatic carbocycles. The van der Waals surface area contributed by atoms with Crippen molar-refractivity contribution in [3.63, 3.8) is 0 Å². The van der Waals surface area contributed by atoms with Gasteiger partial charge in [0, 0.05) is 17.3 Å². The molecular weight excluding hydrogens is 334 g/mol. The van der Waals surface area contributed by atoms with E-state index < -0.39 is 0 Å². The lowest BCUT2D eigenvalue weighted by molar-refractivity contribution is 0.0928. The minimum atomic E-state index is -0.104. The maximum atomic E-state index is 6.11. The number of halogens is 1. The fourth-order valence-corrected chi connectivity index (χ4v) is 3.31. The van der Waals surface area contributed by atoms with E-state index in [9.17, 15) is 0 Å². The molecule has 25 heavy (non-hydrogen) atoms. The summed E-state index contributed by atoms with van der Waals surface area (Å²) < 4.78 is 12.2. The summed E-state index contributed by atoms with van der Waals surface area (Å²) in [5.74, 6) is 1.07. The molecule has 0 fully saturated rings. The van der Waals surface area contributed by atoms with E-state index in [0.717, 1.165) is 33.7 Å². The van der Waals surface area contributed by atoms with Gasteiger partial charge in [-0.3, -0.25) is 4.98 Å². The molecule has 126 valence electrons. The van der Waals surface area contributed by atoms with Gasteiger partial charge in [-0.25, -0.2) is 0 Å². The number of alkyl halides is 1. The van der Waals surface area contributed by atoms with Crippen molar-refractivity contribution in [2.24, 2.45) is 0 Å². The van der Waals surface area contributed by atoms with E-state index in [2.05, 4.69) is 17.1 Å². The molecule has 1 aliphatic heterocycles. The summed E-state index contributed by atoms with van der Waals surface area (Å²) in [4.78, 5) is 4.52. The van der Waals surface area contributed by atoms with E-state index in [1.54, 1.807) is 0 Å². The van der Waals surface area contributed by atoms with Crippen molar-refractivity contribution in [1.29, 1.82) is 0 Å². The Balaban J connectivity index is 1.66. The second-order valence-electron chi connectivity index (χ2n) is 5.98. The van der Waals surface area contributed by atoms with Gasteiger partial charge in [0.2, 0.25) is 0 Å². The summed E-state index contributed by atoms with van der Waals surface area (Å²) in [5, 5.41) is 0. The second kappa shape index (κ2) is 7.26. The third-order valence-corrected chi connectivity index (χ3v) is 4.63. The number of ether oxygens (including phenoxy) is 2. The maximum Gasteiger partial charge on any atom is 0.148 e. The van der Waals surface area contributed by atoms with Gasteiger partial charge in [-0.1, -0.05) is 60.7 Å². The number of nitrogens with zero attached hydrogens (tertiary/aromatic N) is 1. The fourth-order valence-electron chi connectivity index (χ4n) is 3.12. The lowest BCUT2D eigenvalue weighted by Crippen LogP contribution is -2.04. The van der Waals surface area contributed by atoms with Crippen LogP contribution in [0.15, 0.2) is 66.9 Å². The van der Waals surface area contributed by atoms with Gasteiger partial charge < -0.3 is 9.47 Å². The molecule has 2 aromatic carbocycles. The van der Waals surface area contributed by atoms with Crippen LogP contribution >= 0.6 is 11.6 Å². The van der Waals surface area contributed by atoms with Gasteiger partial charge in [-0.05, 0) is 11.1 Å². The number of hydrogen-bond acceptors (Lipinski definition) is 3. The predicted octanol–water partition coefficient (Wildman–Crippen LogP) is 5.02. The van der Waals surface area contributed by atoms with Crippen LogP contribution in [0.4, 0.5) is 0 Å². The number of hydrogen-bond donors (Lipinski definition) is 0. The molecule has 1 atom stereocenters. The first kappa shape index (κ1) is 16.1. The van der Waals surface area contributed by atoms with Crippen LogP contribution in [0.5, 0.6) is 5.75 Å². The molecule has 0 spiro atoms. The third kappa shape index (κ3) is 3.26. The molecule has 0 saturated heterocycles. The average Bonchev–Trinajstić information content (AvgIpc) is 3.12. The fraction of sp³-hybridized carbons (Fsp3) is 0.190. The van der Waals surface area contributed by atoms with E-state index >= 15 is 0 Å². The van der Waals surface area contributed by atoms with Crippen LogP contribution in [0.1, 0.15) is 34.1 Å². The SMILES string of the molecule is ClCc1ncc2c(c1OCc1ccccc1)COC2c1ccccc1. The zero-order valence-electron chi connectivity index (χ0n) is 13.7. The largest absolute Gasteiger partial charge is 0.487 e. The molecule has 4 heteroatoms. The van der Waals surface area contributed by atoms with Crippen LogP contribution in [-0.2, 0) is 23.8 Å². The van der Waals surface area contributed by atoms with Crippen molar-refractivity contribution in [1.82, 2.24) is 4.98 Å². The molecule has 4 rings (SSSR count). The number of benzene rings is 2. The highest BCUT2D eigenvalue weighted by molar-refractivity contribution is 6.17. The summed E-state index contributed by atoms with van der Waals surface area (Å²) in [6.07, 6.45) is 1.76. The molecule has 3 nitrogen and oxygen atoms in total. The highest BCUT2D eigenvalue weighted by Gasteiger charge is 2.29. The minimum Gasteiger partial charge on any atom is -0.487 e. The van der Waals surface area contributed by atoms with Crippen LogP contribution in [-0.4, -0.2) is 4.98 Å². The molecular formula is C21H18ClNO2. The van der Waals surface area contributed by atoms with Crippen LogP contribution in [0.2, 0.25) is 0 Å². The van der Waals surface area contributed by atoms with E-state index in [-0.39, 0.29) is 6.10 Å². The van der Waals surface area contributed by atoms with Gasteiger partial charge in [0.15, 0.2) is 0 Å². The summed E-state index contributed by atoms with van der Waals surface area (Å²) in [5.41, 5.74) is 5.10. The molecule has 3 aromatic rings. The summed E-state index contributed by atoms with van der Waals surface area (Å²) in [6.45, 7) is 0.990. The summed E-state index contributed by atoms with van der Waals surface area (Å²) >= 11 is 6.09. The average molecular weight is 352 g/mol. The summed E-state index contributed by atoms with van der Waals surface area (Å²) in [7, 11) is 0. The highest BCUT2D eigenvalue weighted by atomic mass is 35.5. The lowest BCUT2D eigenvalue weighted by Gasteiger charge is -2.15. The Labute approximate surface area is 152 Å². The molecule has 0 bridgehead atoms. The van der Waals surface area contributed by atoms with Crippen molar-refractivity contribution in [3.05, 3.63) is 94.8 Å². The molecule has 1 aromatic heterocycles. The van der Waals surface area contributed by atoms with Gasteiger partial charge in [-0.15, -0.1) is 11.6 Å². The van der Waals surface area contributed by atoms with Crippen molar-refractivity contribution in [2.45, 2.75) is 25.2 Å². The first-order chi connectivity index (χ1) is 12.4. The van der Waals surface area contributed by atoms with Gasteiger partial charge in [0.1, 0.15) is 18.5 Å². The molecule has 0 N–H and O–H groups in total. The van der Waals surface area contributed by atoms with Crippen molar-refractivity contribution < 1.29 is 9.47 Å². The van der Waals surface area contributed by atoms with Gasteiger partial charge >= 0.3 is 0 Å². The third-order valence-electron chi connectivity index (χ3n) is 4.38. The van der Waals surface area contributed by atoms with Gasteiger partial charge in [0.05, 0.1) is 18.2 Å². The summed E-state index contributed by atoms with van der Waals surface area (Å²) in [6, 6.07) is 20.3. The molecule has 2 heterocycles. The smallest absolute Gasteiger partial charge is 0.148 e. The lowest BCUT2D eigenvalue weighted by atomic mass is 10.0. The van der Waals surface area contributed by atoms with Crippen LogP contribution in [0.3, 0.4) is 0 Å². The predicted molar refractivity (Wildman–Crippen MR) is 97.6 cm³/mol. The Hall–Kier alpha value is -2.36. The Bertz CT molecular complexity index is 853. The Morgan fingerprint density at radius 1 is 1.04 bits per heavy atom. The van der Waals surface area contributed by atoms with Crippen LogP contribution < -0.4 is 4.74 Å². The van der Waals surface area contributed by atoms with Crippen molar-refractivity contribution >= 4 is 11.6 Å². The Morgan fingerprint density at radius 3 is 2.48 bits per heavy atom. The number of aromatic nitrogens is 1. The van der Waals surface area contributed by atoms with Crippen LogP contribution in [0, 0.1) is 0 Å². The highest BCUT2D eigenvalue weighted by Crippen LogP contribution is 2.41. The van der Waals surface area contributed by atoms with E-state index in [0.29, 0.717) is 19.1 Å². The molecule has 0 amide bonds. The van der Waals surface area contributed by atoms with Gasteiger partial charge in [0.25, 0.3) is 0 Å². The second-order valence-corrected chi connectivity index (χ2v) is 6.24. The van der Waals surface area contributed by atoms with E-state index in [1.165, 1.54) is 0 Å². The zero-order valence-corrected chi connectivity index (χ0v) is 14.4. The normalized spacial score (nSPS) is 15.8. The molecule has 0 saturated carbocycles. The van der Waals surface area contributed by atoms with Gasteiger partial charge in [-0.2, -0.15) is 0 Å². The van der Waals surface area contributed by atoms with E-state index in [4.69, 9.17) is 21.1 Å². The molecule has 1 aliphatic rings. The minimum absolute atomic E-state index is 0.104. The van der Waals surface area contributed by atoms with E-state index in [1.807, 2.05) is 54.7 Å².